The number of fused-ring (bicyclic) bond motifs is 1. The molecule has 2 aromatic heterocycles. The minimum Gasteiger partial charge on any atom is -0.314 e. The second kappa shape index (κ2) is 5.98. The van der Waals surface area contributed by atoms with Crippen molar-refractivity contribution in [3.63, 3.8) is 0 Å². The summed E-state index contributed by atoms with van der Waals surface area (Å²) in [5, 5.41) is 7.86. The molecule has 0 unspecified atom stereocenters. The van der Waals surface area contributed by atoms with Gasteiger partial charge in [0, 0.05) is 18.2 Å². The summed E-state index contributed by atoms with van der Waals surface area (Å²) >= 11 is 0. The van der Waals surface area contributed by atoms with Gasteiger partial charge in [-0.2, -0.15) is 5.10 Å². The van der Waals surface area contributed by atoms with E-state index in [1.807, 2.05) is 30.6 Å². The lowest BCUT2D eigenvalue weighted by molar-refractivity contribution is 0.0941. The van der Waals surface area contributed by atoms with Gasteiger partial charge in [-0.1, -0.05) is 19.9 Å². The van der Waals surface area contributed by atoms with Gasteiger partial charge in [0.25, 0.3) is 0 Å². The Labute approximate surface area is 125 Å². The van der Waals surface area contributed by atoms with Crippen LogP contribution in [-0.4, -0.2) is 28.0 Å². The first kappa shape index (κ1) is 14.3. The lowest BCUT2D eigenvalue weighted by atomic mass is 10.0. The van der Waals surface area contributed by atoms with Crippen molar-refractivity contribution in [3.8, 4) is 0 Å². The third-order valence-electron chi connectivity index (χ3n) is 4.02. The van der Waals surface area contributed by atoms with E-state index in [9.17, 15) is 4.79 Å². The smallest absolute Gasteiger partial charge is 0.169 e. The van der Waals surface area contributed by atoms with Gasteiger partial charge in [-0.3, -0.25) is 4.79 Å². The van der Waals surface area contributed by atoms with E-state index in [4.69, 9.17) is 0 Å². The highest BCUT2D eigenvalue weighted by Gasteiger charge is 2.19. The van der Waals surface area contributed by atoms with Gasteiger partial charge in [-0.05, 0) is 43.9 Å². The summed E-state index contributed by atoms with van der Waals surface area (Å²) in [7, 11) is 0. The average Bonchev–Trinajstić information content (AvgIpc) is 3.20. The van der Waals surface area contributed by atoms with Crippen LogP contribution in [0.25, 0.3) is 5.52 Å². The number of aromatic nitrogens is 2. The van der Waals surface area contributed by atoms with E-state index in [2.05, 4.69) is 16.5 Å². The summed E-state index contributed by atoms with van der Waals surface area (Å²) in [4.78, 5) is 12.1. The largest absolute Gasteiger partial charge is 0.314 e. The first-order chi connectivity index (χ1) is 10.1. The fourth-order valence-electron chi connectivity index (χ4n) is 2.56. The molecule has 112 valence electrons. The number of rotatable bonds is 7. The van der Waals surface area contributed by atoms with Crippen LogP contribution in [-0.2, 0) is 6.42 Å². The third kappa shape index (κ3) is 3.32. The van der Waals surface area contributed by atoms with Gasteiger partial charge < -0.3 is 5.32 Å². The Hall–Kier alpha value is -1.68. The fourth-order valence-corrected chi connectivity index (χ4v) is 2.56. The van der Waals surface area contributed by atoms with Crippen LogP contribution in [0.3, 0.4) is 0 Å². The van der Waals surface area contributed by atoms with Gasteiger partial charge in [0.15, 0.2) is 5.78 Å². The van der Waals surface area contributed by atoms with Crippen LogP contribution in [0.15, 0.2) is 24.5 Å². The third-order valence-corrected chi connectivity index (χ3v) is 4.02. The summed E-state index contributed by atoms with van der Waals surface area (Å²) < 4.78 is 1.83. The number of aryl methyl sites for hydroxylation is 1. The molecule has 1 fully saturated rings. The quantitative estimate of drug-likeness (QED) is 0.628. The van der Waals surface area contributed by atoms with Crippen LogP contribution >= 0.6 is 0 Å². The molecule has 1 N–H and O–H groups in total. The maximum atomic E-state index is 12.1. The van der Waals surface area contributed by atoms with Crippen LogP contribution in [0.1, 0.15) is 49.0 Å². The van der Waals surface area contributed by atoms with Crippen LogP contribution in [0.5, 0.6) is 0 Å². The number of carbonyl (C=O) groups is 1. The summed E-state index contributed by atoms with van der Waals surface area (Å²) in [6.07, 6.45) is 8.60. The predicted octanol–water partition coefficient (Wildman–Crippen LogP) is 2.86. The SMILES string of the molecule is CC(C)C(=O)c1cnn2cc(CCCNC3CC3)ccc12. The normalized spacial score (nSPS) is 15.0. The first-order valence-corrected chi connectivity index (χ1v) is 7.89. The molecule has 21 heavy (non-hydrogen) atoms. The number of Topliss-reactive ketones (excluding diaryl/α,β-unsaturated/α-hetero) is 1. The first-order valence-electron chi connectivity index (χ1n) is 7.89. The van der Waals surface area contributed by atoms with E-state index >= 15 is 0 Å². The molecule has 0 radical (unpaired) electrons. The molecular weight excluding hydrogens is 262 g/mol. The van der Waals surface area contributed by atoms with E-state index in [0.717, 1.165) is 36.5 Å². The molecule has 3 rings (SSSR count). The Morgan fingerprint density at radius 3 is 2.95 bits per heavy atom. The molecule has 2 heterocycles. The molecule has 0 aromatic carbocycles. The lowest BCUT2D eigenvalue weighted by Crippen LogP contribution is -2.17. The summed E-state index contributed by atoms with van der Waals surface area (Å²) in [6, 6.07) is 4.92. The van der Waals surface area contributed by atoms with Gasteiger partial charge in [0.2, 0.25) is 0 Å². The van der Waals surface area contributed by atoms with Crippen molar-refractivity contribution in [3.05, 3.63) is 35.7 Å². The zero-order valence-electron chi connectivity index (χ0n) is 12.8. The van der Waals surface area contributed by atoms with Crippen LogP contribution in [0.2, 0.25) is 0 Å². The molecule has 4 nitrogen and oxygen atoms in total. The number of hydrogen-bond donors (Lipinski definition) is 1. The molecule has 1 saturated carbocycles. The monoisotopic (exact) mass is 285 g/mol. The van der Waals surface area contributed by atoms with Crippen molar-refractivity contribution in [2.75, 3.05) is 6.54 Å². The van der Waals surface area contributed by atoms with Gasteiger partial charge in [-0.15, -0.1) is 0 Å². The highest BCUT2D eigenvalue weighted by molar-refractivity contribution is 6.03. The maximum Gasteiger partial charge on any atom is 0.169 e. The number of pyridine rings is 1. The molecule has 0 bridgehead atoms. The van der Waals surface area contributed by atoms with Crippen LogP contribution < -0.4 is 5.32 Å². The Balaban J connectivity index is 1.67. The van der Waals surface area contributed by atoms with Crippen molar-refractivity contribution in [2.24, 2.45) is 5.92 Å². The van der Waals surface area contributed by atoms with Gasteiger partial charge in [-0.25, -0.2) is 4.52 Å². The van der Waals surface area contributed by atoms with Crippen molar-refractivity contribution in [1.82, 2.24) is 14.9 Å². The van der Waals surface area contributed by atoms with Crippen molar-refractivity contribution >= 4 is 11.3 Å². The number of nitrogens with zero attached hydrogens (tertiary/aromatic N) is 2. The van der Waals surface area contributed by atoms with Crippen molar-refractivity contribution in [1.29, 1.82) is 0 Å². The second-order valence-electron chi connectivity index (χ2n) is 6.28. The molecular formula is C17H23N3O. The fraction of sp³-hybridized carbons (Fsp3) is 0.529. The van der Waals surface area contributed by atoms with E-state index in [0.29, 0.717) is 0 Å². The highest BCUT2D eigenvalue weighted by atomic mass is 16.1. The Morgan fingerprint density at radius 2 is 2.24 bits per heavy atom. The number of ketones is 1. The number of nitrogens with one attached hydrogen (secondary N) is 1. The number of hydrogen-bond acceptors (Lipinski definition) is 3. The maximum absolute atomic E-state index is 12.1. The summed E-state index contributed by atoms with van der Waals surface area (Å²) in [6.45, 7) is 4.93. The van der Waals surface area contributed by atoms with E-state index < -0.39 is 0 Å². The molecule has 4 heteroatoms. The van der Waals surface area contributed by atoms with Crippen molar-refractivity contribution < 1.29 is 4.79 Å². The number of carbonyl (C=O) groups excluding carboxylic acids is 1. The minimum absolute atomic E-state index is 0.00572. The van der Waals surface area contributed by atoms with E-state index in [-0.39, 0.29) is 11.7 Å². The van der Waals surface area contributed by atoms with Crippen LogP contribution in [0.4, 0.5) is 0 Å². The molecule has 0 aliphatic heterocycles. The zero-order chi connectivity index (χ0) is 14.8. The molecule has 1 aliphatic carbocycles. The Kier molecular flexibility index (Phi) is 4.06. The second-order valence-corrected chi connectivity index (χ2v) is 6.28. The zero-order valence-corrected chi connectivity index (χ0v) is 12.8. The molecule has 0 spiro atoms. The predicted molar refractivity (Wildman–Crippen MR) is 83.7 cm³/mol. The molecule has 0 atom stereocenters. The highest BCUT2D eigenvalue weighted by Crippen LogP contribution is 2.19. The van der Waals surface area contributed by atoms with Crippen LogP contribution in [0, 0.1) is 5.92 Å². The van der Waals surface area contributed by atoms with Crippen molar-refractivity contribution in [2.45, 2.75) is 45.6 Å². The molecule has 2 aromatic rings. The Bertz CT molecular complexity index is 641. The van der Waals surface area contributed by atoms with Gasteiger partial charge in [0.1, 0.15) is 0 Å². The molecule has 0 amide bonds. The average molecular weight is 285 g/mol. The molecule has 1 aliphatic rings. The lowest BCUT2D eigenvalue weighted by Gasteiger charge is -2.05. The van der Waals surface area contributed by atoms with E-state index in [1.165, 1.54) is 18.4 Å². The van der Waals surface area contributed by atoms with Gasteiger partial charge in [0.05, 0.1) is 17.3 Å². The van der Waals surface area contributed by atoms with E-state index in [1.54, 1.807) is 6.20 Å². The summed E-state index contributed by atoms with van der Waals surface area (Å²) in [5.41, 5.74) is 2.91. The van der Waals surface area contributed by atoms with Gasteiger partial charge >= 0.3 is 0 Å². The standard InChI is InChI=1S/C17H23N3O/c1-12(2)17(21)15-10-19-20-11-13(5-8-16(15)20)4-3-9-18-14-6-7-14/h5,8,10-12,14,18H,3-4,6-7,9H2,1-2H3. The molecule has 0 saturated heterocycles. The Morgan fingerprint density at radius 1 is 1.43 bits per heavy atom. The summed E-state index contributed by atoms with van der Waals surface area (Å²) in [5.74, 6) is 0.164. The minimum atomic E-state index is 0.00572. The topological polar surface area (TPSA) is 46.4 Å².